The molecule has 1 aromatic heterocycles. The lowest BCUT2D eigenvalue weighted by Crippen LogP contribution is -2.45. The van der Waals surface area contributed by atoms with Crippen LogP contribution in [0.5, 0.6) is 0 Å². The van der Waals surface area contributed by atoms with Gasteiger partial charge in [-0.25, -0.2) is 4.98 Å². The number of hydrogen-bond donors (Lipinski definition) is 1. The van der Waals surface area contributed by atoms with Crippen LogP contribution in [0.1, 0.15) is 30.3 Å². The van der Waals surface area contributed by atoms with Gasteiger partial charge < -0.3 is 10.2 Å². The van der Waals surface area contributed by atoms with Crippen molar-refractivity contribution in [2.75, 3.05) is 18.5 Å². The van der Waals surface area contributed by atoms with Crippen LogP contribution in [-0.4, -0.2) is 29.0 Å². The molecule has 2 heterocycles. The lowest BCUT2D eigenvalue weighted by molar-refractivity contribution is 0.526. The smallest absolute Gasteiger partial charge is 0.205 e. The van der Waals surface area contributed by atoms with E-state index in [1.54, 1.807) is 0 Å². The zero-order chi connectivity index (χ0) is 14.7. The number of rotatable bonds is 5. The third-order valence-electron chi connectivity index (χ3n) is 3.97. The van der Waals surface area contributed by atoms with Crippen molar-refractivity contribution in [2.24, 2.45) is 0 Å². The predicted octanol–water partition coefficient (Wildman–Crippen LogP) is 2.64. The first-order valence-electron chi connectivity index (χ1n) is 7.62. The summed E-state index contributed by atoms with van der Waals surface area (Å²) in [4.78, 5) is 7.15. The number of fused-ring (bicyclic) bond motifs is 1. The minimum Gasteiger partial charge on any atom is -0.338 e. The molecule has 1 N–H and O–H groups in total. The Bertz CT molecular complexity index is 595. The molecule has 0 radical (unpaired) electrons. The number of aromatic nitrogens is 2. The number of hydrogen-bond acceptors (Lipinski definition) is 5. The van der Waals surface area contributed by atoms with E-state index in [0.717, 1.165) is 43.3 Å². The van der Waals surface area contributed by atoms with E-state index in [2.05, 4.69) is 45.8 Å². The molecule has 3 rings (SSSR count). The maximum absolute atomic E-state index is 4.73. The number of anilines is 1. The minimum atomic E-state index is 0.451. The highest BCUT2D eigenvalue weighted by atomic mass is 32.1. The Hall–Kier alpha value is -1.46. The number of likely N-dealkylation sites (N-methyl/N-ethyl adjacent to an activating group) is 1. The molecule has 1 aromatic carbocycles. The van der Waals surface area contributed by atoms with Gasteiger partial charge in [0.1, 0.15) is 5.82 Å². The average Bonchev–Trinajstić information content (AvgIpc) is 2.96. The van der Waals surface area contributed by atoms with E-state index < -0.39 is 0 Å². The Labute approximate surface area is 130 Å². The Balaban J connectivity index is 1.87. The summed E-state index contributed by atoms with van der Waals surface area (Å²) in [6.45, 7) is 4.07. The third-order valence-corrected chi connectivity index (χ3v) is 4.76. The largest absolute Gasteiger partial charge is 0.338 e. The molecule has 112 valence electrons. The van der Waals surface area contributed by atoms with E-state index in [-0.39, 0.29) is 0 Å². The van der Waals surface area contributed by atoms with E-state index in [1.807, 2.05) is 7.05 Å². The lowest BCUT2D eigenvalue weighted by atomic mass is 9.94. The van der Waals surface area contributed by atoms with Crippen molar-refractivity contribution < 1.29 is 0 Å². The number of aryl methyl sites for hydroxylation is 1. The van der Waals surface area contributed by atoms with Crippen LogP contribution in [0, 0.1) is 0 Å². The van der Waals surface area contributed by atoms with Crippen LogP contribution in [0.3, 0.4) is 0 Å². The van der Waals surface area contributed by atoms with E-state index >= 15 is 0 Å². The summed E-state index contributed by atoms with van der Waals surface area (Å²) in [5.74, 6) is 0.986. The van der Waals surface area contributed by atoms with Gasteiger partial charge >= 0.3 is 0 Å². The van der Waals surface area contributed by atoms with Crippen LogP contribution in [-0.2, 0) is 19.4 Å². The van der Waals surface area contributed by atoms with Crippen molar-refractivity contribution in [3.8, 4) is 0 Å². The zero-order valence-electron chi connectivity index (χ0n) is 12.7. The van der Waals surface area contributed by atoms with Crippen molar-refractivity contribution in [3.05, 3.63) is 41.2 Å². The van der Waals surface area contributed by atoms with Crippen LogP contribution in [0.25, 0.3) is 0 Å². The van der Waals surface area contributed by atoms with Crippen molar-refractivity contribution >= 4 is 16.7 Å². The van der Waals surface area contributed by atoms with Crippen LogP contribution < -0.4 is 10.2 Å². The zero-order valence-corrected chi connectivity index (χ0v) is 13.5. The Morgan fingerprint density at radius 2 is 2.14 bits per heavy atom. The van der Waals surface area contributed by atoms with Gasteiger partial charge in [-0.05, 0) is 31.0 Å². The van der Waals surface area contributed by atoms with Gasteiger partial charge in [0, 0.05) is 37.1 Å². The predicted molar refractivity (Wildman–Crippen MR) is 87.9 cm³/mol. The second-order valence-corrected chi connectivity index (χ2v) is 6.29. The van der Waals surface area contributed by atoms with Crippen molar-refractivity contribution in [2.45, 2.75) is 38.8 Å². The van der Waals surface area contributed by atoms with Crippen LogP contribution in [0.4, 0.5) is 5.13 Å². The van der Waals surface area contributed by atoms with Crippen LogP contribution >= 0.6 is 11.5 Å². The summed E-state index contributed by atoms with van der Waals surface area (Å²) < 4.78 is 4.50. The van der Waals surface area contributed by atoms with E-state index in [1.165, 1.54) is 22.7 Å². The standard InChI is InChI=1S/C16H22N4S/c1-3-6-15-18-16(21-19-15)20-11-13-8-5-4-7-12(13)9-14(20)10-17-2/h4-5,7-8,14,17H,3,6,9-11H2,1-2H3. The number of benzene rings is 1. The van der Waals surface area contributed by atoms with Gasteiger partial charge in [0.15, 0.2) is 0 Å². The molecule has 0 bridgehead atoms. The second-order valence-electron chi connectivity index (χ2n) is 5.56. The molecule has 1 unspecified atom stereocenters. The highest BCUT2D eigenvalue weighted by molar-refractivity contribution is 7.09. The number of nitrogens with zero attached hydrogens (tertiary/aromatic N) is 3. The first-order chi connectivity index (χ1) is 10.3. The van der Waals surface area contributed by atoms with Crippen molar-refractivity contribution in [1.82, 2.24) is 14.7 Å². The Morgan fingerprint density at radius 3 is 2.90 bits per heavy atom. The van der Waals surface area contributed by atoms with Gasteiger partial charge in [-0.1, -0.05) is 31.2 Å². The quantitative estimate of drug-likeness (QED) is 0.922. The maximum atomic E-state index is 4.73. The topological polar surface area (TPSA) is 41.1 Å². The van der Waals surface area contributed by atoms with Gasteiger partial charge in [-0.15, -0.1) is 0 Å². The first kappa shape index (κ1) is 14.5. The molecule has 1 atom stereocenters. The molecule has 0 spiro atoms. The van der Waals surface area contributed by atoms with Crippen LogP contribution in [0.15, 0.2) is 24.3 Å². The minimum absolute atomic E-state index is 0.451. The van der Waals surface area contributed by atoms with Crippen molar-refractivity contribution in [3.63, 3.8) is 0 Å². The molecule has 0 aliphatic carbocycles. The normalized spacial score (nSPS) is 17.8. The summed E-state index contributed by atoms with van der Waals surface area (Å²) >= 11 is 1.54. The lowest BCUT2D eigenvalue weighted by Gasteiger charge is -2.36. The summed E-state index contributed by atoms with van der Waals surface area (Å²) in [6, 6.07) is 9.18. The highest BCUT2D eigenvalue weighted by Crippen LogP contribution is 2.29. The molecule has 1 aliphatic rings. The molecule has 4 nitrogen and oxygen atoms in total. The fraction of sp³-hybridized carbons (Fsp3) is 0.500. The van der Waals surface area contributed by atoms with Gasteiger partial charge in [-0.3, -0.25) is 0 Å². The molecular formula is C16H22N4S. The molecule has 0 saturated carbocycles. The average molecular weight is 302 g/mol. The summed E-state index contributed by atoms with van der Waals surface area (Å²) in [5, 5.41) is 4.38. The van der Waals surface area contributed by atoms with E-state index in [9.17, 15) is 0 Å². The highest BCUT2D eigenvalue weighted by Gasteiger charge is 2.27. The fourth-order valence-electron chi connectivity index (χ4n) is 2.92. The third kappa shape index (κ3) is 3.09. The summed E-state index contributed by atoms with van der Waals surface area (Å²) in [7, 11) is 2.02. The first-order valence-corrected chi connectivity index (χ1v) is 8.39. The Kier molecular flexibility index (Phi) is 4.51. The fourth-order valence-corrected chi connectivity index (χ4v) is 3.70. The molecule has 2 aromatic rings. The number of nitrogens with one attached hydrogen (secondary N) is 1. The van der Waals surface area contributed by atoms with Gasteiger partial charge in [0.05, 0.1) is 0 Å². The van der Waals surface area contributed by atoms with Gasteiger partial charge in [0.2, 0.25) is 5.13 Å². The SMILES string of the molecule is CCCc1nsc(N2Cc3ccccc3CC2CNC)n1. The molecule has 1 aliphatic heterocycles. The second kappa shape index (κ2) is 6.54. The molecule has 5 heteroatoms. The molecular weight excluding hydrogens is 280 g/mol. The van der Waals surface area contributed by atoms with Gasteiger partial charge in [0.25, 0.3) is 0 Å². The maximum Gasteiger partial charge on any atom is 0.205 e. The molecule has 21 heavy (non-hydrogen) atoms. The molecule has 0 saturated heterocycles. The van der Waals surface area contributed by atoms with E-state index in [4.69, 9.17) is 4.98 Å². The monoisotopic (exact) mass is 302 g/mol. The van der Waals surface area contributed by atoms with Crippen LogP contribution in [0.2, 0.25) is 0 Å². The van der Waals surface area contributed by atoms with Crippen molar-refractivity contribution in [1.29, 1.82) is 0 Å². The summed E-state index contributed by atoms with van der Waals surface area (Å²) in [6.07, 6.45) is 3.14. The molecule has 0 fully saturated rings. The molecule has 0 amide bonds. The van der Waals surface area contributed by atoms with E-state index in [0.29, 0.717) is 6.04 Å². The summed E-state index contributed by atoms with van der Waals surface area (Å²) in [5.41, 5.74) is 2.88. The van der Waals surface area contributed by atoms with Gasteiger partial charge in [-0.2, -0.15) is 4.37 Å². The Morgan fingerprint density at radius 1 is 1.33 bits per heavy atom.